The molecule has 1 aromatic heterocycles. The minimum Gasteiger partial charge on any atom is -0.494 e. The molecule has 0 amide bonds. The van der Waals surface area contributed by atoms with Crippen molar-refractivity contribution >= 4 is 16.9 Å². The third kappa shape index (κ3) is 2.61. The van der Waals surface area contributed by atoms with Gasteiger partial charge in [-0.15, -0.1) is 0 Å². The number of hydrogen-bond acceptors (Lipinski definition) is 4. The van der Waals surface area contributed by atoms with Gasteiger partial charge in [0.1, 0.15) is 11.3 Å². The Labute approximate surface area is 118 Å². The number of carbonyl (C=O) groups is 1. The van der Waals surface area contributed by atoms with Crippen LogP contribution >= 0.6 is 0 Å². The molecular weight excluding hydrogens is 256 g/mol. The molecule has 2 rings (SSSR count). The molecule has 0 aliphatic rings. The van der Waals surface area contributed by atoms with Crippen molar-refractivity contribution in [3.05, 3.63) is 18.2 Å². The second-order valence-corrected chi connectivity index (χ2v) is 4.61. The lowest BCUT2D eigenvalue weighted by Gasteiger charge is -2.06. The van der Waals surface area contributed by atoms with Crippen LogP contribution in [0.25, 0.3) is 11.0 Å². The molecule has 0 radical (unpaired) electrons. The molecule has 0 N–H and O–H groups in total. The number of nitrogens with zero attached hydrogens (tertiary/aromatic N) is 2. The first-order valence-electron chi connectivity index (χ1n) is 6.85. The highest BCUT2D eigenvalue weighted by Crippen LogP contribution is 2.29. The molecule has 0 aliphatic carbocycles. The van der Waals surface area contributed by atoms with E-state index in [1.807, 2.05) is 18.2 Å². The van der Waals surface area contributed by atoms with E-state index in [-0.39, 0.29) is 5.91 Å². The number of methoxy groups -OCH3 is 2. The number of fused-ring (bicyclic) bond motifs is 1. The fourth-order valence-electron chi connectivity index (χ4n) is 2.23. The van der Waals surface area contributed by atoms with Gasteiger partial charge in [-0.3, -0.25) is 4.79 Å². The Hall–Kier alpha value is -2.04. The monoisotopic (exact) mass is 276 g/mol. The van der Waals surface area contributed by atoms with E-state index in [4.69, 9.17) is 9.47 Å². The number of unbranched alkanes of at least 4 members (excludes halogenated alkanes) is 2. The van der Waals surface area contributed by atoms with Crippen molar-refractivity contribution in [1.82, 2.24) is 9.55 Å². The summed E-state index contributed by atoms with van der Waals surface area (Å²) in [5.41, 5.74) is 1.37. The zero-order valence-corrected chi connectivity index (χ0v) is 12.2. The van der Waals surface area contributed by atoms with Gasteiger partial charge in [0.2, 0.25) is 5.91 Å². The Morgan fingerprint density at radius 1 is 1.25 bits per heavy atom. The lowest BCUT2D eigenvalue weighted by molar-refractivity contribution is 0.0893. The maximum absolute atomic E-state index is 12.4. The summed E-state index contributed by atoms with van der Waals surface area (Å²) < 4.78 is 12.0. The van der Waals surface area contributed by atoms with E-state index in [1.54, 1.807) is 7.11 Å². The summed E-state index contributed by atoms with van der Waals surface area (Å²) in [6.07, 6.45) is 3.50. The van der Waals surface area contributed by atoms with Crippen LogP contribution in [-0.4, -0.2) is 29.7 Å². The summed E-state index contributed by atoms with van der Waals surface area (Å²) in [7, 11) is 3.10. The van der Waals surface area contributed by atoms with Crippen molar-refractivity contribution in [1.29, 1.82) is 0 Å². The van der Waals surface area contributed by atoms with E-state index in [0.717, 1.165) is 24.8 Å². The smallest absolute Gasteiger partial charge is 0.304 e. The van der Waals surface area contributed by atoms with Crippen molar-refractivity contribution < 1.29 is 14.3 Å². The first-order valence-corrected chi connectivity index (χ1v) is 6.85. The van der Waals surface area contributed by atoms with E-state index in [2.05, 4.69) is 11.9 Å². The van der Waals surface area contributed by atoms with Crippen molar-refractivity contribution in [2.24, 2.45) is 0 Å². The number of ether oxygens (including phenoxy) is 2. The number of rotatable bonds is 6. The van der Waals surface area contributed by atoms with E-state index in [9.17, 15) is 4.79 Å². The SMILES string of the molecule is CCCCCC(=O)n1c(OC)nc2c(OC)cccc21. The van der Waals surface area contributed by atoms with Crippen LogP contribution in [0.4, 0.5) is 0 Å². The molecule has 1 heterocycles. The van der Waals surface area contributed by atoms with Crippen LogP contribution in [-0.2, 0) is 0 Å². The van der Waals surface area contributed by atoms with Gasteiger partial charge in [-0.1, -0.05) is 25.8 Å². The van der Waals surface area contributed by atoms with Gasteiger partial charge >= 0.3 is 6.01 Å². The molecule has 20 heavy (non-hydrogen) atoms. The van der Waals surface area contributed by atoms with Crippen LogP contribution in [0.15, 0.2) is 18.2 Å². The number of carbonyl (C=O) groups excluding carboxylic acids is 1. The van der Waals surface area contributed by atoms with Gasteiger partial charge in [0.05, 0.1) is 19.7 Å². The number of benzene rings is 1. The molecule has 0 atom stereocenters. The van der Waals surface area contributed by atoms with E-state index in [0.29, 0.717) is 23.7 Å². The Morgan fingerprint density at radius 2 is 2.05 bits per heavy atom. The molecule has 0 bridgehead atoms. The van der Waals surface area contributed by atoms with Gasteiger partial charge < -0.3 is 9.47 Å². The highest BCUT2D eigenvalue weighted by Gasteiger charge is 2.19. The summed E-state index contributed by atoms with van der Waals surface area (Å²) in [5, 5.41) is 0. The Morgan fingerprint density at radius 3 is 2.70 bits per heavy atom. The number of hydrogen-bond donors (Lipinski definition) is 0. The molecule has 0 unspecified atom stereocenters. The van der Waals surface area contributed by atoms with Crippen LogP contribution in [0.1, 0.15) is 37.4 Å². The van der Waals surface area contributed by atoms with Crippen LogP contribution in [0.5, 0.6) is 11.8 Å². The first-order chi connectivity index (χ1) is 9.72. The van der Waals surface area contributed by atoms with Gasteiger partial charge in [0.15, 0.2) is 0 Å². The van der Waals surface area contributed by atoms with Gasteiger partial charge in [0.25, 0.3) is 0 Å². The Bertz CT molecular complexity index is 604. The molecule has 5 nitrogen and oxygen atoms in total. The Kier molecular flexibility index (Phi) is 4.61. The summed E-state index contributed by atoms with van der Waals surface area (Å²) in [6.45, 7) is 2.11. The zero-order chi connectivity index (χ0) is 14.5. The maximum atomic E-state index is 12.4. The fourth-order valence-corrected chi connectivity index (χ4v) is 2.23. The normalized spacial score (nSPS) is 10.8. The minimum absolute atomic E-state index is 0.00560. The molecule has 0 fully saturated rings. The lowest BCUT2D eigenvalue weighted by atomic mass is 10.2. The average molecular weight is 276 g/mol. The third-order valence-corrected chi connectivity index (χ3v) is 3.26. The van der Waals surface area contributed by atoms with E-state index < -0.39 is 0 Å². The summed E-state index contributed by atoms with van der Waals surface area (Å²) in [4.78, 5) is 16.7. The molecule has 108 valence electrons. The van der Waals surface area contributed by atoms with Crippen LogP contribution in [0.2, 0.25) is 0 Å². The predicted octanol–water partition coefficient (Wildman–Crippen LogP) is 3.27. The zero-order valence-electron chi connectivity index (χ0n) is 12.2. The quantitative estimate of drug-likeness (QED) is 0.760. The van der Waals surface area contributed by atoms with Crippen molar-refractivity contribution in [2.45, 2.75) is 32.6 Å². The largest absolute Gasteiger partial charge is 0.494 e. The average Bonchev–Trinajstić information content (AvgIpc) is 2.85. The summed E-state index contributed by atoms with van der Waals surface area (Å²) >= 11 is 0. The standard InChI is InChI=1S/C15H20N2O3/c1-4-5-6-10-13(18)17-11-8-7-9-12(19-2)14(11)16-15(17)20-3/h7-9H,4-6,10H2,1-3H3. The molecule has 2 aromatic rings. The van der Waals surface area contributed by atoms with Crippen LogP contribution in [0, 0.1) is 0 Å². The van der Waals surface area contributed by atoms with Gasteiger partial charge in [-0.05, 0) is 18.6 Å². The second kappa shape index (κ2) is 6.41. The maximum Gasteiger partial charge on any atom is 0.304 e. The summed E-state index contributed by atoms with van der Waals surface area (Å²) in [6, 6.07) is 5.83. The predicted molar refractivity (Wildman–Crippen MR) is 77.6 cm³/mol. The molecule has 5 heteroatoms. The van der Waals surface area contributed by atoms with Gasteiger partial charge in [0, 0.05) is 6.42 Å². The third-order valence-electron chi connectivity index (χ3n) is 3.26. The summed E-state index contributed by atoms with van der Waals surface area (Å²) in [5.74, 6) is 0.645. The van der Waals surface area contributed by atoms with Crippen molar-refractivity contribution in [3.8, 4) is 11.8 Å². The highest BCUT2D eigenvalue weighted by atomic mass is 16.5. The van der Waals surface area contributed by atoms with E-state index >= 15 is 0 Å². The number of imidazole rings is 1. The molecule has 0 spiro atoms. The van der Waals surface area contributed by atoms with Gasteiger partial charge in [-0.25, -0.2) is 4.57 Å². The number of para-hydroxylation sites is 1. The van der Waals surface area contributed by atoms with E-state index in [1.165, 1.54) is 11.7 Å². The number of aromatic nitrogens is 2. The lowest BCUT2D eigenvalue weighted by Crippen LogP contribution is -2.11. The van der Waals surface area contributed by atoms with Crippen molar-refractivity contribution in [2.75, 3.05) is 14.2 Å². The van der Waals surface area contributed by atoms with Gasteiger partial charge in [-0.2, -0.15) is 4.98 Å². The molecular formula is C15H20N2O3. The molecule has 0 aliphatic heterocycles. The minimum atomic E-state index is 0.00560. The molecule has 0 saturated heterocycles. The molecule has 1 aromatic carbocycles. The second-order valence-electron chi connectivity index (χ2n) is 4.61. The van der Waals surface area contributed by atoms with Crippen LogP contribution in [0.3, 0.4) is 0 Å². The highest BCUT2D eigenvalue weighted by molar-refractivity contribution is 5.94. The molecule has 0 saturated carbocycles. The topological polar surface area (TPSA) is 53.4 Å². The van der Waals surface area contributed by atoms with Crippen molar-refractivity contribution in [3.63, 3.8) is 0 Å². The fraction of sp³-hybridized carbons (Fsp3) is 0.467. The first kappa shape index (κ1) is 14.4. The van der Waals surface area contributed by atoms with Crippen LogP contribution < -0.4 is 9.47 Å². The Balaban J connectivity index is 2.43.